The predicted molar refractivity (Wildman–Crippen MR) is 63.1 cm³/mol. The molecule has 0 heterocycles. The van der Waals surface area contributed by atoms with E-state index in [9.17, 15) is 9.90 Å². The highest BCUT2D eigenvalue weighted by molar-refractivity contribution is 6.04. The van der Waals surface area contributed by atoms with E-state index in [1.807, 2.05) is 19.9 Å². The second kappa shape index (κ2) is 4.26. The number of carbonyl (C=O) groups is 1. The first kappa shape index (κ1) is 12.7. The van der Waals surface area contributed by atoms with Gasteiger partial charge in [-0.1, -0.05) is 6.07 Å². The first-order chi connectivity index (χ1) is 7.27. The van der Waals surface area contributed by atoms with Crippen LogP contribution in [0.2, 0.25) is 0 Å². The third kappa shape index (κ3) is 2.42. The summed E-state index contributed by atoms with van der Waals surface area (Å²) in [5.41, 5.74) is 0.932. The molecule has 0 aliphatic heterocycles. The number of hydrogen-bond acceptors (Lipinski definition) is 3. The largest absolute Gasteiger partial charge is 0.496 e. The van der Waals surface area contributed by atoms with Crippen molar-refractivity contribution in [3.63, 3.8) is 0 Å². The summed E-state index contributed by atoms with van der Waals surface area (Å²) in [5, 5.41) is 9.74. The Kier molecular flexibility index (Phi) is 3.38. The van der Waals surface area contributed by atoms with E-state index in [2.05, 4.69) is 0 Å². The maximum Gasteiger partial charge on any atom is 0.197 e. The van der Waals surface area contributed by atoms with Crippen molar-refractivity contribution in [3.05, 3.63) is 28.8 Å². The van der Waals surface area contributed by atoms with Gasteiger partial charge < -0.3 is 9.84 Å². The van der Waals surface area contributed by atoms with Gasteiger partial charge in [0.2, 0.25) is 0 Å². The lowest BCUT2D eigenvalue weighted by atomic mass is 9.93. The quantitative estimate of drug-likeness (QED) is 0.798. The van der Waals surface area contributed by atoms with Crippen LogP contribution in [0.1, 0.15) is 35.3 Å². The maximum absolute atomic E-state index is 12.0. The number of methoxy groups -OCH3 is 1. The van der Waals surface area contributed by atoms with E-state index in [1.54, 1.807) is 6.07 Å². The van der Waals surface area contributed by atoms with Gasteiger partial charge in [0.05, 0.1) is 12.7 Å². The molecule has 0 amide bonds. The summed E-state index contributed by atoms with van der Waals surface area (Å²) < 4.78 is 5.22. The number of aryl methyl sites for hydroxylation is 2. The lowest BCUT2D eigenvalue weighted by Crippen LogP contribution is -2.31. The van der Waals surface area contributed by atoms with Gasteiger partial charge in [-0.2, -0.15) is 0 Å². The van der Waals surface area contributed by atoms with Crippen LogP contribution in [-0.4, -0.2) is 23.6 Å². The SMILES string of the molecule is COc1c(C)cc(C)cc1C(=O)C(C)(C)O. The first-order valence-electron chi connectivity index (χ1n) is 5.19. The fraction of sp³-hybridized carbons (Fsp3) is 0.462. The molecule has 1 aromatic carbocycles. The van der Waals surface area contributed by atoms with E-state index in [0.717, 1.165) is 11.1 Å². The average molecular weight is 222 g/mol. The van der Waals surface area contributed by atoms with Crippen molar-refractivity contribution in [3.8, 4) is 5.75 Å². The zero-order valence-electron chi connectivity index (χ0n) is 10.4. The molecule has 88 valence electrons. The predicted octanol–water partition coefficient (Wildman–Crippen LogP) is 2.27. The van der Waals surface area contributed by atoms with E-state index in [0.29, 0.717) is 11.3 Å². The van der Waals surface area contributed by atoms with Gasteiger partial charge in [0, 0.05) is 0 Å². The molecule has 0 saturated heterocycles. The Labute approximate surface area is 96.1 Å². The highest BCUT2D eigenvalue weighted by atomic mass is 16.5. The summed E-state index contributed by atoms with van der Waals surface area (Å²) in [6, 6.07) is 3.69. The summed E-state index contributed by atoms with van der Waals surface area (Å²) in [4.78, 5) is 12.0. The Morgan fingerprint density at radius 2 is 1.88 bits per heavy atom. The van der Waals surface area contributed by atoms with E-state index >= 15 is 0 Å². The zero-order chi connectivity index (χ0) is 12.5. The number of benzene rings is 1. The Morgan fingerprint density at radius 1 is 1.31 bits per heavy atom. The second-order valence-electron chi connectivity index (χ2n) is 4.55. The summed E-state index contributed by atoms with van der Waals surface area (Å²) in [5.74, 6) is 0.217. The van der Waals surface area contributed by atoms with Gasteiger partial charge in [-0.3, -0.25) is 4.79 Å². The van der Waals surface area contributed by atoms with Gasteiger partial charge in [0.25, 0.3) is 0 Å². The van der Waals surface area contributed by atoms with Crippen LogP contribution in [0.5, 0.6) is 5.75 Å². The van der Waals surface area contributed by atoms with Gasteiger partial charge in [-0.25, -0.2) is 0 Å². The molecule has 1 N–H and O–H groups in total. The first-order valence-corrected chi connectivity index (χ1v) is 5.19. The summed E-state index contributed by atoms with van der Waals surface area (Å²) in [6.45, 7) is 6.75. The monoisotopic (exact) mass is 222 g/mol. The number of carbonyl (C=O) groups excluding carboxylic acids is 1. The molecule has 0 aromatic heterocycles. The summed E-state index contributed by atoms with van der Waals surface area (Å²) in [6.07, 6.45) is 0. The molecule has 0 unspecified atom stereocenters. The fourth-order valence-corrected chi connectivity index (χ4v) is 1.72. The Hall–Kier alpha value is -1.35. The second-order valence-corrected chi connectivity index (χ2v) is 4.55. The minimum atomic E-state index is -1.38. The molecule has 1 rings (SSSR count). The molecular formula is C13H18O3. The molecule has 16 heavy (non-hydrogen) atoms. The smallest absolute Gasteiger partial charge is 0.197 e. The number of Topliss-reactive ketones (excluding diaryl/α,β-unsaturated/α-hetero) is 1. The molecule has 3 heteroatoms. The molecule has 3 nitrogen and oxygen atoms in total. The number of rotatable bonds is 3. The third-order valence-electron chi connectivity index (χ3n) is 2.42. The summed E-state index contributed by atoms with van der Waals surface area (Å²) >= 11 is 0. The van der Waals surface area contributed by atoms with Crippen LogP contribution < -0.4 is 4.74 Å². The van der Waals surface area contributed by atoms with Crippen LogP contribution in [0.3, 0.4) is 0 Å². The normalized spacial score (nSPS) is 11.4. The van der Waals surface area contributed by atoms with E-state index in [-0.39, 0.29) is 5.78 Å². The lowest BCUT2D eigenvalue weighted by Gasteiger charge is -2.19. The molecular weight excluding hydrogens is 204 g/mol. The van der Waals surface area contributed by atoms with Gasteiger partial charge in [0.1, 0.15) is 11.4 Å². The molecule has 0 fully saturated rings. The number of ether oxygens (including phenoxy) is 1. The number of ketones is 1. The maximum atomic E-state index is 12.0. The van der Waals surface area contributed by atoms with Crippen LogP contribution in [-0.2, 0) is 0 Å². The Morgan fingerprint density at radius 3 is 2.31 bits per heavy atom. The van der Waals surface area contributed by atoms with E-state index < -0.39 is 5.60 Å². The number of hydrogen-bond donors (Lipinski definition) is 1. The molecule has 0 saturated carbocycles. The highest BCUT2D eigenvalue weighted by Gasteiger charge is 2.28. The van der Waals surface area contributed by atoms with E-state index in [4.69, 9.17) is 4.74 Å². The number of aliphatic hydroxyl groups is 1. The van der Waals surface area contributed by atoms with Crippen molar-refractivity contribution in [1.29, 1.82) is 0 Å². The molecule has 1 aromatic rings. The average Bonchev–Trinajstić information content (AvgIpc) is 2.14. The van der Waals surface area contributed by atoms with Crippen molar-refractivity contribution in [2.24, 2.45) is 0 Å². The van der Waals surface area contributed by atoms with Crippen molar-refractivity contribution in [2.45, 2.75) is 33.3 Å². The van der Waals surface area contributed by atoms with Crippen molar-refractivity contribution in [1.82, 2.24) is 0 Å². The van der Waals surface area contributed by atoms with Crippen LogP contribution >= 0.6 is 0 Å². The molecule has 0 radical (unpaired) electrons. The highest BCUT2D eigenvalue weighted by Crippen LogP contribution is 2.28. The molecule has 0 spiro atoms. The molecule has 0 atom stereocenters. The van der Waals surface area contributed by atoms with Gasteiger partial charge >= 0.3 is 0 Å². The van der Waals surface area contributed by atoms with Crippen LogP contribution in [0, 0.1) is 13.8 Å². The fourth-order valence-electron chi connectivity index (χ4n) is 1.72. The van der Waals surface area contributed by atoms with Crippen molar-refractivity contribution in [2.75, 3.05) is 7.11 Å². The lowest BCUT2D eigenvalue weighted by molar-refractivity contribution is 0.0484. The zero-order valence-corrected chi connectivity index (χ0v) is 10.4. The Balaban J connectivity index is 3.38. The minimum Gasteiger partial charge on any atom is -0.496 e. The molecule has 0 aliphatic carbocycles. The molecule has 0 aliphatic rings. The van der Waals surface area contributed by atoms with Gasteiger partial charge in [-0.05, 0) is 44.9 Å². The minimum absolute atomic E-state index is 0.323. The summed E-state index contributed by atoms with van der Waals surface area (Å²) in [7, 11) is 1.53. The van der Waals surface area contributed by atoms with E-state index in [1.165, 1.54) is 21.0 Å². The van der Waals surface area contributed by atoms with Crippen molar-refractivity contribution >= 4 is 5.78 Å². The Bertz CT molecular complexity index is 414. The van der Waals surface area contributed by atoms with Crippen LogP contribution in [0.4, 0.5) is 0 Å². The van der Waals surface area contributed by atoms with Crippen LogP contribution in [0.15, 0.2) is 12.1 Å². The van der Waals surface area contributed by atoms with Gasteiger partial charge in [0.15, 0.2) is 5.78 Å². The third-order valence-corrected chi connectivity index (χ3v) is 2.42. The topological polar surface area (TPSA) is 46.5 Å². The van der Waals surface area contributed by atoms with Gasteiger partial charge in [-0.15, -0.1) is 0 Å². The molecule has 0 bridgehead atoms. The van der Waals surface area contributed by atoms with Crippen LogP contribution in [0.25, 0.3) is 0 Å². The van der Waals surface area contributed by atoms with Crippen molar-refractivity contribution < 1.29 is 14.6 Å². The standard InChI is InChI=1S/C13H18O3/c1-8-6-9(2)11(16-5)10(7-8)12(14)13(3,4)15/h6-7,15H,1-5H3.